The number of carbonyl (C=O) groups is 2. The monoisotopic (exact) mass is 355 g/mol. The average Bonchev–Trinajstić information content (AvgIpc) is 3.12. The molecule has 0 aromatic heterocycles. The molecule has 1 aliphatic carbocycles. The summed E-state index contributed by atoms with van der Waals surface area (Å²) in [6.45, 7) is 0.292. The van der Waals surface area contributed by atoms with Gasteiger partial charge in [0.1, 0.15) is 0 Å². The molecule has 0 saturated carbocycles. The Morgan fingerprint density at radius 2 is 1.84 bits per heavy atom. The molecule has 2 aromatic carbocycles. The van der Waals surface area contributed by atoms with Crippen molar-refractivity contribution >= 4 is 23.6 Å². The van der Waals surface area contributed by atoms with Crippen LogP contribution in [0.5, 0.6) is 0 Å². The smallest absolute Gasteiger partial charge is 0.338 e. The van der Waals surface area contributed by atoms with Gasteiger partial charge in [0.05, 0.1) is 5.56 Å². The van der Waals surface area contributed by atoms with E-state index in [4.69, 9.17) is 4.74 Å². The van der Waals surface area contributed by atoms with Gasteiger partial charge in [0.2, 0.25) is 0 Å². The van der Waals surface area contributed by atoms with Crippen LogP contribution in [-0.4, -0.2) is 30.8 Å². The molecule has 0 heterocycles. The van der Waals surface area contributed by atoms with Gasteiger partial charge in [-0.25, -0.2) is 4.79 Å². The predicted molar refractivity (Wildman–Crippen MR) is 98.9 cm³/mol. The van der Waals surface area contributed by atoms with Crippen molar-refractivity contribution in [1.82, 2.24) is 5.32 Å². The van der Waals surface area contributed by atoms with Crippen molar-refractivity contribution in [3.8, 4) is 0 Å². The maximum atomic E-state index is 12.1. The van der Waals surface area contributed by atoms with Crippen molar-refractivity contribution in [2.45, 2.75) is 24.2 Å². The number of thioether (sulfide) groups is 1. The number of aryl methyl sites for hydroxylation is 2. The molecule has 0 bridgehead atoms. The van der Waals surface area contributed by atoms with Crippen molar-refractivity contribution in [3.63, 3.8) is 0 Å². The van der Waals surface area contributed by atoms with E-state index in [2.05, 4.69) is 5.32 Å². The molecule has 0 atom stereocenters. The SMILES string of the molecule is O=C(COC(=O)c1ccc2c(c1)CCC2)NCCSc1ccccc1. The normalized spacial score (nSPS) is 12.5. The fourth-order valence-electron chi connectivity index (χ4n) is 2.84. The van der Waals surface area contributed by atoms with Crippen LogP contribution in [0.25, 0.3) is 0 Å². The highest BCUT2D eigenvalue weighted by Gasteiger charge is 2.15. The van der Waals surface area contributed by atoms with Crippen molar-refractivity contribution in [2.75, 3.05) is 18.9 Å². The number of benzene rings is 2. The van der Waals surface area contributed by atoms with Crippen LogP contribution in [0.3, 0.4) is 0 Å². The van der Waals surface area contributed by atoms with E-state index in [9.17, 15) is 9.59 Å². The summed E-state index contributed by atoms with van der Waals surface area (Å²) >= 11 is 1.67. The highest BCUT2D eigenvalue weighted by Crippen LogP contribution is 2.23. The number of rotatable bonds is 7. The molecule has 0 unspecified atom stereocenters. The Labute approximate surface area is 152 Å². The maximum Gasteiger partial charge on any atom is 0.338 e. The molecule has 5 heteroatoms. The van der Waals surface area contributed by atoms with Gasteiger partial charge in [-0.1, -0.05) is 24.3 Å². The standard InChI is InChI=1S/C20H21NO3S/c22-19(21-11-12-25-18-7-2-1-3-8-18)14-24-20(23)17-10-9-15-5-4-6-16(15)13-17/h1-3,7-10,13H,4-6,11-12,14H2,(H,21,22). The molecule has 130 valence electrons. The first-order valence-electron chi connectivity index (χ1n) is 8.46. The van der Waals surface area contributed by atoms with Gasteiger partial charge in [-0.3, -0.25) is 4.79 Å². The minimum Gasteiger partial charge on any atom is -0.452 e. The third kappa shape index (κ3) is 5.10. The summed E-state index contributed by atoms with van der Waals surface area (Å²) in [4.78, 5) is 25.0. The van der Waals surface area contributed by atoms with Gasteiger partial charge in [0, 0.05) is 17.2 Å². The summed E-state index contributed by atoms with van der Waals surface area (Å²) in [6, 6.07) is 15.7. The molecule has 0 aliphatic heterocycles. The molecule has 1 aliphatic rings. The zero-order valence-corrected chi connectivity index (χ0v) is 14.8. The molecule has 1 amide bonds. The maximum absolute atomic E-state index is 12.1. The van der Waals surface area contributed by atoms with E-state index >= 15 is 0 Å². The number of ether oxygens (including phenoxy) is 1. The van der Waals surface area contributed by atoms with E-state index in [1.54, 1.807) is 17.8 Å². The summed E-state index contributed by atoms with van der Waals surface area (Å²) in [5.41, 5.74) is 3.05. The molecule has 0 radical (unpaired) electrons. The van der Waals surface area contributed by atoms with E-state index in [1.165, 1.54) is 16.0 Å². The topological polar surface area (TPSA) is 55.4 Å². The highest BCUT2D eigenvalue weighted by molar-refractivity contribution is 7.99. The van der Waals surface area contributed by atoms with E-state index in [1.807, 2.05) is 42.5 Å². The fraction of sp³-hybridized carbons (Fsp3) is 0.300. The van der Waals surface area contributed by atoms with Crippen LogP contribution in [0.15, 0.2) is 53.4 Å². The Bertz CT molecular complexity index is 746. The Hall–Kier alpha value is -2.27. The first-order valence-corrected chi connectivity index (χ1v) is 9.44. The lowest BCUT2D eigenvalue weighted by molar-refractivity contribution is -0.124. The summed E-state index contributed by atoms with van der Waals surface area (Å²) in [7, 11) is 0. The van der Waals surface area contributed by atoms with Crippen LogP contribution in [0.2, 0.25) is 0 Å². The third-order valence-electron chi connectivity index (χ3n) is 4.10. The first-order chi connectivity index (χ1) is 12.2. The molecule has 2 aromatic rings. The third-order valence-corrected chi connectivity index (χ3v) is 5.12. The second-order valence-electron chi connectivity index (χ2n) is 5.92. The largest absolute Gasteiger partial charge is 0.452 e. The van der Waals surface area contributed by atoms with Gasteiger partial charge in [-0.15, -0.1) is 11.8 Å². The van der Waals surface area contributed by atoms with Gasteiger partial charge in [-0.2, -0.15) is 0 Å². The molecule has 4 nitrogen and oxygen atoms in total. The molecule has 0 spiro atoms. The molecule has 0 fully saturated rings. The average molecular weight is 355 g/mol. The molecule has 1 N–H and O–H groups in total. The number of amides is 1. The van der Waals surface area contributed by atoms with Crippen molar-refractivity contribution in [2.24, 2.45) is 0 Å². The van der Waals surface area contributed by atoms with Gasteiger partial charge in [0.25, 0.3) is 5.91 Å². The van der Waals surface area contributed by atoms with E-state index in [-0.39, 0.29) is 12.5 Å². The summed E-state index contributed by atoms with van der Waals surface area (Å²) in [6.07, 6.45) is 3.22. The Kier molecular flexibility index (Phi) is 6.12. The molecular formula is C20H21NO3S. The van der Waals surface area contributed by atoms with Gasteiger partial charge >= 0.3 is 5.97 Å². The number of hydrogen-bond acceptors (Lipinski definition) is 4. The van der Waals surface area contributed by atoms with Crippen LogP contribution in [0.4, 0.5) is 0 Å². The summed E-state index contributed by atoms with van der Waals surface area (Å²) < 4.78 is 5.11. The van der Waals surface area contributed by atoms with Crippen molar-refractivity contribution in [1.29, 1.82) is 0 Å². The quantitative estimate of drug-likeness (QED) is 0.471. The lowest BCUT2D eigenvalue weighted by Gasteiger charge is -2.08. The second-order valence-corrected chi connectivity index (χ2v) is 7.09. The first kappa shape index (κ1) is 17.5. The molecule has 0 saturated heterocycles. The second kappa shape index (κ2) is 8.72. The van der Waals surface area contributed by atoms with Gasteiger partial charge in [0.15, 0.2) is 6.61 Å². The van der Waals surface area contributed by atoms with Gasteiger partial charge < -0.3 is 10.1 Å². The van der Waals surface area contributed by atoms with E-state index in [0.717, 1.165) is 25.0 Å². The zero-order chi connectivity index (χ0) is 17.5. The Balaban J connectivity index is 1.36. The van der Waals surface area contributed by atoms with Crippen molar-refractivity contribution < 1.29 is 14.3 Å². The number of nitrogens with one attached hydrogen (secondary N) is 1. The minimum absolute atomic E-state index is 0.244. The number of carbonyl (C=O) groups excluding carboxylic acids is 2. The lowest BCUT2D eigenvalue weighted by Crippen LogP contribution is -2.30. The Morgan fingerprint density at radius 1 is 1.04 bits per heavy atom. The Morgan fingerprint density at radius 3 is 2.68 bits per heavy atom. The fourth-order valence-corrected chi connectivity index (χ4v) is 3.63. The number of esters is 1. The van der Waals surface area contributed by atoms with Crippen LogP contribution in [-0.2, 0) is 22.4 Å². The van der Waals surface area contributed by atoms with E-state index < -0.39 is 5.97 Å². The summed E-state index contributed by atoms with van der Waals surface area (Å²) in [5.74, 6) is 0.0563. The number of hydrogen-bond donors (Lipinski definition) is 1. The minimum atomic E-state index is -0.441. The number of fused-ring (bicyclic) bond motifs is 1. The summed E-state index contributed by atoms with van der Waals surface area (Å²) in [5, 5.41) is 2.76. The van der Waals surface area contributed by atoms with Gasteiger partial charge in [-0.05, 0) is 54.7 Å². The van der Waals surface area contributed by atoms with Crippen LogP contribution < -0.4 is 5.32 Å². The predicted octanol–water partition coefficient (Wildman–Crippen LogP) is 3.24. The zero-order valence-electron chi connectivity index (χ0n) is 14.0. The highest BCUT2D eigenvalue weighted by atomic mass is 32.2. The van der Waals surface area contributed by atoms with Crippen LogP contribution in [0, 0.1) is 0 Å². The molecule has 3 rings (SSSR count). The van der Waals surface area contributed by atoms with Crippen LogP contribution in [0.1, 0.15) is 27.9 Å². The van der Waals surface area contributed by atoms with Crippen molar-refractivity contribution in [3.05, 3.63) is 65.2 Å². The lowest BCUT2D eigenvalue weighted by atomic mass is 10.1. The molecule has 25 heavy (non-hydrogen) atoms. The van der Waals surface area contributed by atoms with Crippen LogP contribution >= 0.6 is 11.8 Å². The molecular weight excluding hydrogens is 334 g/mol. The van der Waals surface area contributed by atoms with E-state index in [0.29, 0.717) is 12.1 Å².